The van der Waals surface area contributed by atoms with E-state index in [1.165, 1.54) is 18.4 Å². The van der Waals surface area contributed by atoms with Crippen molar-refractivity contribution in [3.63, 3.8) is 0 Å². The lowest BCUT2D eigenvalue weighted by atomic mass is 9.41. The average Bonchev–Trinajstić information content (AvgIpc) is 3.10. The van der Waals surface area contributed by atoms with Gasteiger partial charge in [0.1, 0.15) is 0 Å². The van der Waals surface area contributed by atoms with E-state index in [4.69, 9.17) is 0 Å². The molecule has 0 heterocycles. The summed E-state index contributed by atoms with van der Waals surface area (Å²) in [5, 5.41) is 44.4. The summed E-state index contributed by atoms with van der Waals surface area (Å²) < 4.78 is 0. The second kappa shape index (κ2) is 8.66. The second-order valence-electron chi connectivity index (χ2n) is 12.8. The molecule has 4 fully saturated rings. The third kappa shape index (κ3) is 3.54. The van der Waals surface area contributed by atoms with Gasteiger partial charge in [-0.2, -0.15) is 0 Å². The van der Waals surface area contributed by atoms with E-state index in [0.717, 1.165) is 19.3 Å². The molecule has 0 bridgehead atoms. The smallest absolute Gasteiger partial charge is 0.0761 e. The fraction of sp³-hybridized carbons (Fsp3) is 0.929. The zero-order valence-electron chi connectivity index (χ0n) is 20.9. The van der Waals surface area contributed by atoms with Gasteiger partial charge in [-0.3, -0.25) is 0 Å². The van der Waals surface area contributed by atoms with Gasteiger partial charge in [-0.1, -0.05) is 39.8 Å². The van der Waals surface area contributed by atoms with Crippen molar-refractivity contribution in [3.05, 3.63) is 12.2 Å². The van der Waals surface area contributed by atoms with Crippen molar-refractivity contribution in [3.8, 4) is 0 Å². The van der Waals surface area contributed by atoms with Gasteiger partial charge in [0.05, 0.1) is 24.4 Å². The van der Waals surface area contributed by atoms with Crippen molar-refractivity contribution in [1.82, 2.24) is 0 Å². The van der Waals surface area contributed by atoms with Gasteiger partial charge in [-0.05, 0) is 105 Å². The van der Waals surface area contributed by atoms with Gasteiger partial charge in [0, 0.05) is 5.41 Å². The highest BCUT2D eigenvalue weighted by molar-refractivity contribution is 5.19. The van der Waals surface area contributed by atoms with Crippen molar-refractivity contribution >= 4 is 0 Å². The Morgan fingerprint density at radius 1 is 0.969 bits per heavy atom. The molecule has 0 aromatic heterocycles. The topological polar surface area (TPSA) is 80.9 Å². The Kier molecular flexibility index (Phi) is 6.68. The first-order chi connectivity index (χ1) is 15.0. The highest BCUT2D eigenvalue weighted by Gasteiger charge is 2.70. The first-order valence-corrected chi connectivity index (χ1v) is 13.4. The van der Waals surface area contributed by atoms with Gasteiger partial charge in [-0.25, -0.2) is 0 Å². The largest absolute Gasteiger partial charge is 0.396 e. The van der Waals surface area contributed by atoms with E-state index in [1.54, 1.807) is 0 Å². The first kappa shape index (κ1) is 24.7. The summed E-state index contributed by atoms with van der Waals surface area (Å²) in [5.74, 6) is 2.04. The molecule has 4 nitrogen and oxygen atoms in total. The predicted octanol–water partition coefficient (Wildman–Crippen LogP) is 4.69. The minimum absolute atomic E-state index is 0.0396. The fourth-order valence-corrected chi connectivity index (χ4v) is 9.18. The first-order valence-electron chi connectivity index (χ1n) is 13.4. The molecule has 0 radical (unpaired) electrons. The molecule has 4 N–H and O–H groups in total. The normalized spacial score (nSPS) is 49.3. The maximum atomic E-state index is 12.3. The number of aliphatic hydroxyl groups excluding tert-OH is 3. The second-order valence-corrected chi connectivity index (χ2v) is 12.8. The third-order valence-electron chi connectivity index (χ3n) is 11.3. The number of hydrogen-bond donors (Lipinski definition) is 4. The van der Waals surface area contributed by atoms with Crippen LogP contribution in [0.5, 0.6) is 0 Å². The molecule has 4 heteroatoms. The van der Waals surface area contributed by atoms with Crippen LogP contribution in [0.25, 0.3) is 0 Å². The number of fused-ring (bicyclic) bond motifs is 5. The van der Waals surface area contributed by atoms with E-state index in [1.807, 2.05) is 0 Å². The molecule has 184 valence electrons. The fourth-order valence-electron chi connectivity index (χ4n) is 9.18. The Balaban J connectivity index is 1.58. The molecule has 4 rings (SSSR count). The molecule has 0 unspecified atom stereocenters. The summed E-state index contributed by atoms with van der Waals surface area (Å²) in [4.78, 5) is 0. The zero-order valence-corrected chi connectivity index (χ0v) is 20.9. The van der Waals surface area contributed by atoms with Gasteiger partial charge in [0.2, 0.25) is 0 Å². The number of hydrogen-bond acceptors (Lipinski definition) is 4. The summed E-state index contributed by atoms with van der Waals surface area (Å²) in [5.41, 5.74) is -0.0676. The molecular formula is C28H48O4. The van der Waals surface area contributed by atoms with Crippen molar-refractivity contribution in [1.29, 1.82) is 0 Å². The lowest BCUT2D eigenvalue weighted by Crippen LogP contribution is -2.70. The summed E-state index contributed by atoms with van der Waals surface area (Å²) in [7, 11) is 0. The zero-order chi connectivity index (χ0) is 23.5. The minimum Gasteiger partial charge on any atom is -0.396 e. The lowest BCUT2D eigenvalue weighted by molar-refractivity contribution is -0.280. The quantitative estimate of drug-likeness (QED) is 0.444. The van der Waals surface area contributed by atoms with Crippen LogP contribution >= 0.6 is 0 Å². The SMILES string of the molecule is C=C(CC[C@@H](C)[C@H]1CC[C@H]2[C@@H]3C[C@@H](O)[C@H]4C[C@@H](O)CC[C@]4(CO)[C@@]3(O)CC[C@]12C)C(C)C. The standard InChI is InChI=1S/C28H48O4/c1-17(2)18(3)6-7-19(4)21-8-9-22-23-15-25(31)24-14-20(30)10-11-27(24,16-29)28(23,32)13-12-26(21,22)5/h17,19-25,29-32H,3,6-16H2,1-2,4-5H3/t19-,20+,21-,22+,23+,24-,25-,26-,27-,28-/m1/s1. The van der Waals surface area contributed by atoms with Crippen LogP contribution in [-0.4, -0.2) is 44.8 Å². The molecule has 0 aliphatic heterocycles. The third-order valence-corrected chi connectivity index (χ3v) is 11.3. The molecule has 4 saturated carbocycles. The Labute approximate surface area is 195 Å². The summed E-state index contributed by atoms with van der Waals surface area (Å²) in [6.45, 7) is 13.5. The lowest BCUT2D eigenvalue weighted by Gasteiger charge is -2.66. The van der Waals surface area contributed by atoms with E-state index in [0.29, 0.717) is 55.8 Å². The van der Waals surface area contributed by atoms with Gasteiger partial charge in [0.15, 0.2) is 0 Å². The number of allylic oxidation sites excluding steroid dienone is 1. The number of aliphatic hydroxyl groups is 4. The van der Waals surface area contributed by atoms with Crippen LogP contribution in [0.4, 0.5) is 0 Å². The van der Waals surface area contributed by atoms with Crippen LogP contribution in [0.15, 0.2) is 12.2 Å². The Morgan fingerprint density at radius 2 is 1.69 bits per heavy atom. The van der Waals surface area contributed by atoms with E-state index in [2.05, 4.69) is 34.3 Å². The predicted molar refractivity (Wildman–Crippen MR) is 128 cm³/mol. The maximum absolute atomic E-state index is 12.3. The molecule has 0 aromatic rings. The average molecular weight is 449 g/mol. The van der Waals surface area contributed by atoms with E-state index in [9.17, 15) is 20.4 Å². The summed E-state index contributed by atoms with van der Waals surface area (Å²) in [6, 6.07) is 0. The molecule has 4 aliphatic rings. The monoisotopic (exact) mass is 448 g/mol. The van der Waals surface area contributed by atoms with Gasteiger partial charge >= 0.3 is 0 Å². The van der Waals surface area contributed by atoms with E-state index in [-0.39, 0.29) is 23.9 Å². The van der Waals surface area contributed by atoms with Crippen LogP contribution in [0.2, 0.25) is 0 Å². The highest BCUT2D eigenvalue weighted by Crippen LogP contribution is 2.69. The van der Waals surface area contributed by atoms with Crippen LogP contribution in [-0.2, 0) is 0 Å². The van der Waals surface area contributed by atoms with Crippen LogP contribution in [0.1, 0.15) is 91.9 Å². The molecule has 0 spiro atoms. The van der Waals surface area contributed by atoms with E-state index < -0.39 is 23.2 Å². The number of rotatable bonds is 6. The van der Waals surface area contributed by atoms with Crippen molar-refractivity contribution in [2.75, 3.05) is 6.61 Å². The summed E-state index contributed by atoms with van der Waals surface area (Å²) in [6.07, 6.45) is 7.67. The minimum atomic E-state index is -0.931. The molecule has 0 aromatic carbocycles. The van der Waals surface area contributed by atoms with Crippen molar-refractivity contribution in [2.24, 2.45) is 46.3 Å². The van der Waals surface area contributed by atoms with Gasteiger partial charge in [0.25, 0.3) is 0 Å². The van der Waals surface area contributed by atoms with E-state index >= 15 is 0 Å². The Bertz CT molecular complexity index is 706. The van der Waals surface area contributed by atoms with Crippen LogP contribution < -0.4 is 0 Å². The highest BCUT2D eigenvalue weighted by atomic mass is 16.3. The maximum Gasteiger partial charge on any atom is 0.0761 e. The van der Waals surface area contributed by atoms with Crippen LogP contribution in [0.3, 0.4) is 0 Å². The molecule has 0 amide bonds. The Hall–Kier alpha value is -0.420. The van der Waals surface area contributed by atoms with Gasteiger partial charge < -0.3 is 20.4 Å². The molecule has 4 aliphatic carbocycles. The summed E-state index contributed by atoms with van der Waals surface area (Å²) >= 11 is 0. The molecule has 10 atom stereocenters. The molecule has 32 heavy (non-hydrogen) atoms. The van der Waals surface area contributed by atoms with Gasteiger partial charge in [-0.15, -0.1) is 0 Å². The van der Waals surface area contributed by atoms with Crippen molar-refractivity contribution in [2.45, 2.75) is 110 Å². The van der Waals surface area contributed by atoms with Crippen molar-refractivity contribution < 1.29 is 20.4 Å². The molecule has 0 saturated heterocycles. The molecular weight excluding hydrogens is 400 g/mol. The Morgan fingerprint density at radius 3 is 2.34 bits per heavy atom. The van der Waals surface area contributed by atoms with Crippen LogP contribution in [0, 0.1) is 46.3 Å².